The van der Waals surface area contributed by atoms with Gasteiger partial charge in [-0.1, -0.05) is 6.92 Å². The molecule has 1 atom stereocenters. The van der Waals surface area contributed by atoms with E-state index in [1.807, 2.05) is 0 Å². The summed E-state index contributed by atoms with van der Waals surface area (Å²) in [4.78, 5) is 42.6. The molecule has 0 aliphatic carbocycles. The van der Waals surface area contributed by atoms with Crippen molar-refractivity contribution in [3.63, 3.8) is 0 Å². The topological polar surface area (TPSA) is 155 Å². The number of ether oxygens (including phenoxy) is 3. The molecule has 11 nitrogen and oxygen atoms in total. The number of rotatable bonds is 4. The first kappa shape index (κ1) is 23.4. The van der Waals surface area contributed by atoms with E-state index in [0.29, 0.717) is 22.5 Å². The summed E-state index contributed by atoms with van der Waals surface area (Å²) in [6.45, 7) is 1.50. The maximum atomic E-state index is 15.8. The fourth-order valence-corrected chi connectivity index (χ4v) is 5.24. The quantitative estimate of drug-likeness (QED) is 0.334. The van der Waals surface area contributed by atoms with Gasteiger partial charge in [-0.15, -0.1) is 0 Å². The van der Waals surface area contributed by atoms with Crippen molar-refractivity contribution in [2.24, 2.45) is 5.73 Å². The zero-order valence-electron chi connectivity index (χ0n) is 19.9. The van der Waals surface area contributed by atoms with Crippen LogP contribution in [0.1, 0.15) is 35.6 Å². The minimum absolute atomic E-state index is 0.00475. The number of aromatic nitrogens is 2. The first-order valence-electron chi connectivity index (χ1n) is 11.9. The van der Waals surface area contributed by atoms with Gasteiger partial charge < -0.3 is 34.9 Å². The van der Waals surface area contributed by atoms with E-state index in [9.17, 15) is 19.5 Å². The van der Waals surface area contributed by atoms with Crippen LogP contribution in [0.15, 0.2) is 16.9 Å². The van der Waals surface area contributed by atoms with E-state index in [1.165, 1.54) is 4.57 Å². The van der Waals surface area contributed by atoms with Crippen LogP contribution < -0.4 is 26.1 Å². The van der Waals surface area contributed by atoms with Crippen LogP contribution in [-0.2, 0) is 39.6 Å². The molecule has 1 aromatic carbocycles. The molecule has 37 heavy (non-hydrogen) atoms. The van der Waals surface area contributed by atoms with Crippen molar-refractivity contribution in [1.82, 2.24) is 14.9 Å². The predicted molar refractivity (Wildman–Crippen MR) is 126 cm³/mol. The summed E-state index contributed by atoms with van der Waals surface area (Å²) in [5.74, 6) is -1.79. The fourth-order valence-electron chi connectivity index (χ4n) is 5.24. The lowest BCUT2D eigenvalue weighted by Gasteiger charge is -2.31. The van der Waals surface area contributed by atoms with Gasteiger partial charge in [0.15, 0.2) is 22.9 Å². The molecule has 6 rings (SSSR count). The molecule has 1 amide bonds. The van der Waals surface area contributed by atoms with E-state index in [0.717, 1.165) is 0 Å². The molecule has 2 aromatic heterocycles. The second kappa shape index (κ2) is 8.25. The summed E-state index contributed by atoms with van der Waals surface area (Å²) in [5.41, 5.74) is 5.28. The number of nitrogens with one attached hydrogen (secondary N) is 1. The first-order chi connectivity index (χ1) is 17.8. The highest BCUT2D eigenvalue weighted by Crippen LogP contribution is 2.44. The number of carbonyl (C=O) groups excluding carboxylic acids is 2. The lowest BCUT2D eigenvalue weighted by atomic mass is 9.86. The van der Waals surface area contributed by atoms with Crippen LogP contribution in [0, 0.1) is 5.82 Å². The molecule has 12 heteroatoms. The SMILES string of the molecule is CC[C@@]1(O)C(=O)OCc2c1cc1n(c2=O)Cc2c-1nc1cc3c(c(F)c1c2CNC(=O)CN)OCCO3. The molecule has 0 saturated carbocycles. The van der Waals surface area contributed by atoms with Crippen molar-refractivity contribution in [3.05, 3.63) is 50.6 Å². The third kappa shape index (κ3) is 3.25. The van der Waals surface area contributed by atoms with Gasteiger partial charge in [0.2, 0.25) is 5.91 Å². The molecule has 192 valence electrons. The molecule has 3 aliphatic rings. The number of cyclic esters (lactones) is 1. The molecule has 0 unspecified atom stereocenters. The summed E-state index contributed by atoms with van der Waals surface area (Å²) in [6, 6.07) is 3.13. The maximum absolute atomic E-state index is 15.8. The largest absolute Gasteiger partial charge is 0.486 e. The average molecular weight is 510 g/mol. The Morgan fingerprint density at radius 2 is 2.03 bits per heavy atom. The van der Waals surface area contributed by atoms with Crippen molar-refractivity contribution in [1.29, 1.82) is 0 Å². The number of esters is 1. The number of halogens is 1. The van der Waals surface area contributed by atoms with Crippen LogP contribution >= 0.6 is 0 Å². The van der Waals surface area contributed by atoms with Gasteiger partial charge in [0, 0.05) is 29.1 Å². The van der Waals surface area contributed by atoms with Gasteiger partial charge in [-0.25, -0.2) is 14.2 Å². The number of hydrogen-bond acceptors (Lipinski definition) is 9. The highest BCUT2D eigenvalue weighted by Gasteiger charge is 2.45. The number of amides is 1. The molecule has 0 radical (unpaired) electrons. The van der Waals surface area contributed by atoms with Gasteiger partial charge >= 0.3 is 5.97 Å². The maximum Gasteiger partial charge on any atom is 0.343 e. The molecule has 0 spiro atoms. The molecule has 0 fully saturated rings. The van der Waals surface area contributed by atoms with E-state index in [1.54, 1.807) is 19.1 Å². The minimum Gasteiger partial charge on any atom is -0.486 e. The van der Waals surface area contributed by atoms with Crippen molar-refractivity contribution >= 4 is 22.8 Å². The zero-order valence-corrected chi connectivity index (χ0v) is 19.9. The van der Waals surface area contributed by atoms with Gasteiger partial charge in [0.1, 0.15) is 19.8 Å². The molecule has 3 aromatic rings. The van der Waals surface area contributed by atoms with Crippen LogP contribution in [0.5, 0.6) is 11.5 Å². The number of fused-ring (bicyclic) bond motifs is 6. The number of pyridine rings is 2. The number of carbonyl (C=O) groups is 2. The van der Waals surface area contributed by atoms with Gasteiger partial charge in [-0.2, -0.15) is 0 Å². The van der Waals surface area contributed by atoms with Crippen molar-refractivity contribution in [2.75, 3.05) is 19.8 Å². The monoisotopic (exact) mass is 510 g/mol. The van der Waals surface area contributed by atoms with E-state index < -0.39 is 28.9 Å². The summed E-state index contributed by atoms with van der Waals surface area (Å²) >= 11 is 0. The third-order valence-corrected chi connectivity index (χ3v) is 7.19. The Hall–Kier alpha value is -4.03. The standard InChI is InChI=1S/C25H23FN4O7/c1-2-25(34)14-5-16-21-12(9-30(16)23(32)13(14)10-37-24(25)33)11(8-28-18(31)7-27)19-15(29-21)6-17-22(20(19)26)36-4-3-35-17/h5-6,34H,2-4,7-10,27H2,1H3,(H,28,31)/t25-/m0/s1. The summed E-state index contributed by atoms with van der Waals surface area (Å²) in [5, 5.41) is 13.9. The van der Waals surface area contributed by atoms with Crippen LogP contribution in [0.3, 0.4) is 0 Å². The average Bonchev–Trinajstić information content (AvgIpc) is 3.27. The van der Waals surface area contributed by atoms with Crippen molar-refractivity contribution < 1.29 is 33.3 Å². The number of hydrogen-bond donors (Lipinski definition) is 3. The number of nitrogens with two attached hydrogens (primary N) is 1. The number of benzene rings is 1. The molecule has 0 saturated heterocycles. The predicted octanol–water partition coefficient (Wildman–Crippen LogP) is 0.565. The molecule has 3 aliphatic heterocycles. The Morgan fingerprint density at radius 3 is 2.78 bits per heavy atom. The Labute approximate surface area is 208 Å². The fraction of sp³-hybridized carbons (Fsp3) is 0.360. The van der Waals surface area contributed by atoms with E-state index in [-0.39, 0.29) is 79.4 Å². The highest BCUT2D eigenvalue weighted by atomic mass is 19.1. The second-order valence-electron chi connectivity index (χ2n) is 9.11. The number of aliphatic hydroxyl groups is 1. The number of nitrogens with zero attached hydrogens (tertiary/aromatic N) is 2. The molecular formula is C25H23FN4O7. The van der Waals surface area contributed by atoms with Gasteiger partial charge in [-0.05, 0) is 18.1 Å². The van der Waals surface area contributed by atoms with E-state index in [2.05, 4.69) is 10.3 Å². The summed E-state index contributed by atoms with van der Waals surface area (Å²) in [6.07, 6.45) is 0.00475. The summed E-state index contributed by atoms with van der Waals surface area (Å²) < 4.78 is 33.4. The van der Waals surface area contributed by atoms with Crippen molar-refractivity contribution in [2.45, 2.75) is 38.6 Å². The Morgan fingerprint density at radius 1 is 1.24 bits per heavy atom. The Kier molecular flexibility index (Phi) is 5.21. The van der Waals surface area contributed by atoms with Crippen LogP contribution in [0.2, 0.25) is 0 Å². The third-order valence-electron chi connectivity index (χ3n) is 7.19. The Bertz CT molecular complexity index is 1580. The smallest absolute Gasteiger partial charge is 0.343 e. The lowest BCUT2D eigenvalue weighted by molar-refractivity contribution is -0.172. The van der Waals surface area contributed by atoms with Gasteiger partial charge in [0.25, 0.3) is 5.56 Å². The first-order valence-corrected chi connectivity index (χ1v) is 11.9. The molecule has 0 bridgehead atoms. The lowest BCUT2D eigenvalue weighted by Crippen LogP contribution is -2.44. The molecule has 4 N–H and O–H groups in total. The second-order valence-corrected chi connectivity index (χ2v) is 9.11. The van der Waals surface area contributed by atoms with E-state index in [4.69, 9.17) is 19.9 Å². The highest BCUT2D eigenvalue weighted by molar-refractivity contribution is 5.92. The summed E-state index contributed by atoms with van der Waals surface area (Å²) in [7, 11) is 0. The van der Waals surface area contributed by atoms with Crippen LogP contribution in [0.4, 0.5) is 4.39 Å². The molecular weight excluding hydrogens is 487 g/mol. The van der Waals surface area contributed by atoms with Crippen LogP contribution in [-0.4, -0.2) is 46.3 Å². The van der Waals surface area contributed by atoms with E-state index >= 15 is 4.39 Å². The normalized spacial score (nSPS) is 19.2. The van der Waals surface area contributed by atoms with Gasteiger partial charge in [0.05, 0.1) is 35.6 Å². The van der Waals surface area contributed by atoms with Gasteiger partial charge in [-0.3, -0.25) is 9.59 Å². The molecule has 5 heterocycles. The zero-order chi connectivity index (χ0) is 26.1. The minimum atomic E-state index is -1.98. The Balaban J connectivity index is 1.63. The van der Waals surface area contributed by atoms with Crippen molar-refractivity contribution in [3.8, 4) is 22.9 Å². The van der Waals surface area contributed by atoms with Crippen LogP contribution in [0.25, 0.3) is 22.3 Å².